The molecule has 1 aromatic rings. The SMILES string of the molecule is CC(=O)O[C@@H](C)/C=C\C(=O)N[C@@H]1C[C@H](C)[C@H](C/C=C(C)/C=C/[C@H]2O[C@H](CC(=O)CC3CC(N)C3)C[C@@]3(CO3)[C@@H]2O)O[C@@H]1C.CC(=O)O[C@@H](C)/C=C\C(=O)N[C@@H]1C[C@H](C)[C@H](C/C=C(C)/C=C/[C@H]2O[C@H](CC(=O)CC3CC(NC(=O)n4ccnc4)C3)C[C@@]3(CO3)[C@@H]2O)O[C@@H]1C. The smallest absolute Gasteiger partial charge is 0.327 e. The van der Waals surface area contributed by atoms with Gasteiger partial charge in [-0.3, -0.25) is 33.3 Å². The van der Waals surface area contributed by atoms with Gasteiger partial charge < -0.3 is 69.8 Å². The molecule has 8 aliphatic rings. The summed E-state index contributed by atoms with van der Waals surface area (Å²) in [5, 5.41) is 31.0. The fourth-order valence-electron chi connectivity index (χ4n) is 13.7. The van der Waals surface area contributed by atoms with Crippen molar-refractivity contribution in [2.24, 2.45) is 29.4 Å². The van der Waals surface area contributed by atoms with Crippen molar-refractivity contribution in [3.05, 3.63) is 90.6 Å². The van der Waals surface area contributed by atoms with Crippen LogP contribution in [0.15, 0.2) is 90.6 Å². The van der Waals surface area contributed by atoms with Crippen LogP contribution in [-0.4, -0.2) is 183 Å². The molecule has 2 spiro atoms. The molecule has 2 aliphatic carbocycles. The van der Waals surface area contributed by atoms with Crippen LogP contribution in [0.25, 0.3) is 0 Å². The highest BCUT2D eigenvalue weighted by Crippen LogP contribution is 2.45. The fraction of sp³-hybridized carbons (Fsp3) is 0.686. The molecule has 514 valence electrons. The molecule has 9 rings (SSSR count). The number of aromatic nitrogens is 2. The third-order valence-electron chi connectivity index (χ3n) is 19.4. The number of allylic oxidation sites excluding steroid dienone is 4. The predicted octanol–water partition coefficient (Wildman–Crippen LogP) is 6.61. The molecule has 1 aromatic heterocycles. The fourth-order valence-corrected chi connectivity index (χ4v) is 13.7. The number of nitrogens with two attached hydrogens (primary N) is 1. The first-order chi connectivity index (χ1) is 44.1. The van der Waals surface area contributed by atoms with Crippen molar-refractivity contribution in [1.82, 2.24) is 25.5 Å². The molecule has 0 unspecified atom stereocenters. The Labute approximate surface area is 547 Å². The van der Waals surface area contributed by atoms with Crippen LogP contribution in [0, 0.1) is 23.7 Å². The summed E-state index contributed by atoms with van der Waals surface area (Å²) in [4.78, 5) is 88.7. The Morgan fingerprint density at radius 3 is 1.44 bits per heavy atom. The minimum Gasteiger partial charge on any atom is -0.459 e. The molecule has 8 fully saturated rings. The summed E-state index contributed by atoms with van der Waals surface area (Å²) in [6.07, 6.45) is 26.6. The molecule has 3 amide bonds. The van der Waals surface area contributed by atoms with Crippen molar-refractivity contribution >= 4 is 41.4 Å². The standard InChI is InChI=1S/C37H52N4O9.C33H50N2O8/c1-22(6-9-32-23(2)14-31(25(4)49-32)40-34(44)11-8-24(3)48-26(5)42)7-10-33-35(45)37(20-47-37)19-30(50-33)18-29(43)17-27-15-28(16-27)39-36(46)41-13-12-38-21-41;1-19(6-9-29-20(2)12-28(22(4)42-29)35-31(38)11-8-21(3)41-23(5)36)7-10-30-32(39)33(18-40-33)17-27(43-30)16-26(37)15-24-13-25(34)14-24/h6-8,10-13,21,23-25,27-28,30-33,35,45H,9,14-20H2,1-5H3,(H,39,46)(H,40,44);6-8,10-11,20-22,24-25,27-30,32,39H,9,12-18,34H2,1-5H3,(H,35,38)/b10-7+,11-8-,22-6+;10-7+,11-8-,19-6+/t23-,24-,25+,27?,28?,30+,31+,32-,33+,35+,37+;20-,21-,22+,24?,25?,27+,28+,29-,30+,32+,33+/m00/s1. The first-order valence-corrected chi connectivity index (χ1v) is 33.5. The maximum atomic E-state index is 13.0. The Balaban J connectivity index is 0.000000242. The van der Waals surface area contributed by atoms with E-state index < -0.39 is 59.8 Å². The average molecular weight is 1300 g/mol. The van der Waals surface area contributed by atoms with Crippen LogP contribution in [0.1, 0.15) is 159 Å². The van der Waals surface area contributed by atoms with Gasteiger partial charge in [0.2, 0.25) is 11.8 Å². The van der Waals surface area contributed by atoms with Gasteiger partial charge in [0.1, 0.15) is 65.7 Å². The minimum atomic E-state index is -0.821. The molecule has 18 atom stereocenters. The van der Waals surface area contributed by atoms with E-state index in [4.69, 9.17) is 43.6 Å². The summed E-state index contributed by atoms with van der Waals surface area (Å²) >= 11 is 0. The average Bonchev–Trinajstić information content (AvgIpc) is 1.61. The van der Waals surface area contributed by atoms with Crippen molar-refractivity contribution in [3.63, 3.8) is 0 Å². The van der Waals surface area contributed by atoms with Gasteiger partial charge in [-0.1, -0.05) is 61.4 Å². The summed E-state index contributed by atoms with van der Waals surface area (Å²) in [5.74, 6) is 0.0632. The number of hydrogen-bond acceptors (Lipinski definition) is 19. The van der Waals surface area contributed by atoms with E-state index in [1.165, 1.54) is 36.9 Å². The van der Waals surface area contributed by atoms with Crippen molar-refractivity contribution in [2.75, 3.05) is 13.2 Å². The number of aliphatic hydroxyl groups excluding tert-OH is 2. The third kappa shape index (κ3) is 21.7. The van der Waals surface area contributed by atoms with Crippen molar-refractivity contribution in [1.29, 1.82) is 0 Å². The monoisotopic (exact) mass is 1300 g/mol. The molecular weight excluding hydrogens is 1200 g/mol. The largest absolute Gasteiger partial charge is 0.459 e. The van der Waals surface area contributed by atoms with Gasteiger partial charge >= 0.3 is 18.0 Å². The molecule has 2 saturated carbocycles. The van der Waals surface area contributed by atoms with Gasteiger partial charge in [0, 0.05) is 89.0 Å². The number of amides is 3. The number of imidazole rings is 1. The van der Waals surface area contributed by atoms with Gasteiger partial charge in [-0.05, 0) is 129 Å². The molecule has 93 heavy (non-hydrogen) atoms. The lowest BCUT2D eigenvalue weighted by molar-refractivity contribution is -0.145. The van der Waals surface area contributed by atoms with Crippen LogP contribution in [0.5, 0.6) is 0 Å². The van der Waals surface area contributed by atoms with Crippen molar-refractivity contribution < 1.29 is 81.7 Å². The summed E-state index contributed by atoms with van der Waals surface area (Å²) < 4.78 is 47.8. The second-order valence-corrected chi connectivity index (χ2v) is 27.7. The third-order valence-corrected chi connectivity index (χ3v) is 19.4. The number of hydrogen-bond donors (Lipinski definition) is 6. The van der Waals surface area contributed by atoms with Crippen LogP contribution in [0.4, 0.5) is 4.79 Å². The minimum absolute atomic E-state index is 0.00583. The van der Waals surface area contributed by atoms with Crippen LogP contribution in [0.3, 0.4) is 0 Å². The highest BCUT2D eigenvalue weighted by atomic mass is 16.6. The van der Waals surface area contributed by atoms with Gasteiger partial charge in [-0.2, -0.15) is 0 Å². The van der Waals surface area contributed by atoms with Gasteiger partial charge in [-0.15, -0.1) is 0 Å². The molecule has 7 N–H and O–H groups in total. The number of nitrogens with zero attached hydrogens (tertiary/aromatic N) is 2. The summed E-state index contributed by atoms with van der Waals surface area (Å²) in [5.41, 5.74) is 6.60. The molecule has 6 saturated heterocycles. The Bertz CT molecular complexity index is 2920. The first kappa shape index (κ1) is 72.8. The van der Waals surface area contributed by atoms with Crippen LogP contribution < -0.4 is 21.7 Å². The van der Waals surface area contributed by atoms with E-state index >= 15 is 0 Å². The number of ketones is 2. The van der Waals surface area contributed by atoms with Crippen LogP contribution in [-0.2, 0) is 66.7 Å². The number of ether oxygens (including phenoxy) is 8. The van der Waals surface area contributed by atoms with E-state index in [9.17, 15) is 43.8 Å². The summed E-state index contributed by atoms with van der Waals surface area (Å²) in [6, 6.07) is -0.192. The van der Waals surface area contributed by atoms with Gasteiger partial charge in [0.25, 0.3) is 0 Å². The molecule has 7 heterocycles. The lowest BCUT2D eigenvalue weighted by Crippen LogP contribution is -2.50. The highest BCUT2D eigenvalue weighted by molar-refractivity contribution is 5.88. The number of carbonyl (C=O) groups excluding carboxylic acids is 7. The second-order valence-electron chi connectivity index (χ2n) is 27.7. The topological polar surface area (TPSA) is 320 Å². The number of esters is 2. The quantitative estimate of drug-likeness (QED) is 0.0259. The van der Waals surface area contributed by atoms with Gasteiger partial charge in [-0.25, -0.2) is 9.78 Å². The molecule has 0 aromatic carbocycles. The molecule has 0 radical (unpaired) electrons. The molecule has 23 nitrogen and oxygen atoms in total. The normalized spacial score (nSPS) is 36.5. The number of epoxide rings is 2. The zero-order valence-electron chi connectivity index (χ0n) is 55.9. The molecular formula is C70H102N6O17. The predicted molar refractivity (Wildman–Crippen MR) is 344 cm³/mol. The highest BCUT2D eigenvalue weighted by Gasteiger charge is 2.59. The number of aliphatic hydroxyl groups is 2. The van der Waals surface area contributed by atoms with Gasteiger partial charge in [0.05, 0.1) is 61.9 Å². The Kier molecular flexibility index (Phi) is 25.9. The van der Waals surface area contributed by atoms with E-state index in [1.807, 2.05) is 52.0 Å². The van der Waals surface area contributed by atoms with E-state index in [2.05, 4.69) is 46.9 Å². The number of carbonyl (C=O) groups is 7. The Morgan fingerprint density at radius 1 is 0.624 bits per heavy atom. The lowest BCUT2D eigenvalue weighted by Gasteiger charge is -2.39. The van der Waals surface area contributed by atoms with E-state index in [0.717, 1.165) is 49.7 Å². The van der Waals surface area contributed by atoms with Crippen LogP contribution >= 0.6 is 0 Å². The zero-order chi connectivity index (χ0) is 67.3. The Hall–Kier alpha value is -6.02. The van der Waals surface area contributed by atoms with Gasteiger partial charge in [0.15, 0.2) is 0 Å². The number of rotatable bonds is 25. The molecule has 0 bridgehead atoms. The first-order valence-electron chi connectivity index (χ1n) is 33.5. The van der Waals surface area contributed by atoms with Crippen molar-refractivity contribution in [2.45, 2.75) is 268 Å². The zero-order valence-corrected chi connectivity index (χ0v) is 55.9. The van der Waals surface area contributed by atoms with Crippen LogP contribution in [0.2, 0.25) is 0 Å². The van der Waals surface area contributed by atoms with E-state index in [0.29, 0.717) is 64.1 Å². The van der Waals surface area contributed by atoms with E-state index in [1.54, 1.807) is 38.4 Å². The molecule has 23 heteroatoms. The second kappa shape index (κ2) is 33.1. The summed E-state index contributed by atoms with van der Waals surface area (Å²) in [6.45, 7) is 19.1. The maximum Gasteiger partial charge on any atom is 0.327 e. The van der Waals surface area contributed by atoms with Crippen molar-refractivity contribution in [3.8, 4) is 0 Å². The Morgan fingerprint density at radius 2 is 1.05 bits per heavy atom. The lowest BCUT2D eigenvalue weighted by atomic mass is 9.76. The maximum absolute atomic E-state index is 13.0. The molecule has 6 aliphatic heterocycles. The number of nitrogens with one attached hydrogen (secondary N) is 3. The summed E-state index contributed by atoms with van der Waals surface area (Å²) in [7, 11) is 0. The number of Topliss-reactive ketones (excluding diaryl/α,β-unsaturated/α-hetero) is 2. The van der Waals surface area contributed by atoms with E-state index in [-0.39, 0.29) is 114 Å².